The number of rotatable bonds is 6. The zero-order valence-corrected chi connectivity index (χ0v) is 14.3. The zero-order chi connectivity index (χ0) is 17.6. The first kappa shape index (κ1) is 16.9. The number of tetrazole rings is 1. The Kier molecular flexibility index (Phi) is 5.25. The summed E-state index contributed by atoms with van der Waals surface area (Å²) in [5.41, 5.74) is 1.26. The van der Waals surface area contributed by atoms with E-state index in [1.165, 1.54) is 4.80 Å². The van der Waals surface area contributed by atoms with Crippen LogP contribution in [0.5, 0.6) is 5.75 Å². The summed E-state index contributed by atoms with van der Waals surface area (Å²) in [6.45, 7) is 2.32. The maximum Gasteiger partial charge on any atom is 0.248 e. The Labute approximate surface area is 149 Å². The quantitative estimate of drug-likeness (QED) is 0.733. The fraction of sp³-hybridized carbons (Fsp3) is 0.176. The topological polar surface area (TPSA) is 81.9 Å². The van der Waals surface area contributed by atoms with E-state index in [0.717, 1.165) is 0 Å². The fourth-order valence-electron chi connectivity index (χ4n) is 2.23. The van der Waals surface area contributed by atoms with E-state index in [1.54, 1.807) is 24.3 Å². The first-order valence-corrected chi connectivity index (χ1v) is 8.09. The summed E-state index contributed by atoms with van der Waals surface area (Å²) in [5.74, 6) is 0.699. The van der Waals surface area contributed by atoms with Crippen molar-refractivity contribution in [3.8, 4) is 17.1 Å². The van der Waals surface area contributed by atoms with Crippen LogP contribution in [0.15, 0.2) is 48.5 Å². The molecule has 1 aromatic heterocycles. The van der Waals surface area contributed by atoms with Gasteiger partial charge >= 0.3 is 0 Å². The number of benzene rings is 2. The van der Waals surface area contributed by atoms with Crippen molar-refractivity contribution >= 4 is 23.2 Å². The molecule has 7 nitrogen and oxygen atoms in total. The predicted molar refractivity (Wildman–Crippen MR) is 94.5 cm³/mol. The molecule has 1 N–H and O–H groups in total. The number of anilines is 1. The largest absolute Gasteiger partial charge is 0.492 e. The maximum atomic E-state index is 12.2. The molecule has 0 atom stereocenters. The second-order valence-electron chi connectivity index (χ2n) is 5.10. The second-order valence-corrected chi connectivity index (χ2v) is 5.51. The van der Waals surface area contributed by atoms with E-state index < -0.39 is 0 Å². The molecule has 3 aromatic rings. The van der Waals surface area contributed by atoms with Crippen molar-refractivity contribution in [2.45, 2.75) is 13.5 Å². The maximum absolute atomic E-state index is 12.2. The number of nitrogens with one attached hydrogen (secondary N) is 1. The number of nitrogens with zero attached hydrogens (tertiary/aromatic N) is 4. The van der Waals surface area contributed by atoms with E-state index in [2.05, 4.69) is 20.7 Å². The molecule has 0 aliphatic rings. The lowest BCUT2D eigenvalue weighted by Gasteiger charge is -2.10. The van der Waals surface area contributed by atoms with Gasteiger partial charge in [-0.1, -0.05) is 35.9 Å². The summed E-state index contributed by atoms with van der Waals surface area (Å²) in [5, 5.41) is 15.4. The van der Waals surface area contributed by atoms with E-state index in [0.29, 0.717) is 34.5 Å². The molecule has 0 aliphatic heterocycles. The number of hydrogen-bond acceptors (Lipinski definition) is 5. The molecule has 0 fully saturated rings. The summed E-state index contributed by atoms with van der Waals surface area (Å²) in [4.78, 5) is 13.4. The summed E-state index contributed by atoms with van der Waals surface area (Å²) in [7, 11) is 0. The number of carbonyl (C=O) groups excluding carboxylic acids is 1. The normalized spacial score (nSPS) is 10.5. The molecule has 25 heavy (non-hydrogen) atoms. The van der Waals surface area contributed by atoms with Crippen molar-refractivity contribution in [1.29, 1.82) is 0 Å². The Hall–Kier alpha value is -2.93. The van der Waals surface area contributed by atoms with Gasteiger partial charge in [0.2, 0.25) is 11.7 Å². The van der Waals surface area contributed by atoms with Gasteiger partial charge in [0, 0.05) is 5.56 Å². The third-order valence-electron chi connectivity index (χ3n) is 3.31. The lowest BCUT2D eigenvalue weighted by molar-refractivity contribution is -0.117. The summed E-state index contributed by atoms with van der Waals surface area (Å²) < 4.78 is 5.48. The smallest absolute Gasteiger partial charge is 0.248 e. The van der Waals surface area contributed by atoms with Gasteiger partial charge in [0.1, 0.15) is 12.3 Å². The van der Waals surface area contributed by atoms with Gasteiger partial charge in [0.25, 0.3) is 0 Å². The predicted octanol–water partition coefficient (Wildman–Crippen LogP) is 3.03. The fourth-order valence-corrected chi connectivity index (χ4v) is 2.45. The molecule has 0 unspecified atom stereocenters. The van der Waals surface area contributed by atoms with Gasteiger partial charge in [0.05, 0.1) is 17.3 Å². The van der Waals surface area contributed by atoms with Gasteiger partial charge in [-0.2, -0.15) is 4.80 Å². The number of amides is 1. The lowest BCUT2D eigenvalue weighted by Crippen LogP contribution is -2.20. The van der Waals surface area contributed by atoms with Crippen molar-refractivity contribution in [2.24, 2.45) is 0 Å². The minimum absolute atomic E-state index is 0.0715. The van der Waals surface area contributed by atoms with Crippen LogP contribution in [0.4, 0.5) is 5.69 Å². The van der Waals surface area contributed by atoms with Crippen LogP contribution in [0.2, 0.25) is 5.02 Å². The van der Waals surface area contributed by atoms with Crippen molar-refractivity contribution < 1.29 is 9.53 Å². The highest BCUT2D eigenvalue weighted by Gasteiger charge is 2.13. The Morgan fingerprint density at radius 2 is 1.96 bits per heavy atom. The van der Waals surface area contributed by atoms with Crippen LogP contribution < -0.4 is 10.1 Å². The summed E-state index contributed by atoms with van der Waals surface area (Å²) in [6, 6.07) is 14.4. The number of aromatic nitrogens is 4. The minimum atomic E-state index is -0.282. The number of halogens is 1. The van der Waals surface area contributed by atoms with Crippen LogP contribution in [0.1, 0.15) is 6.92 Å². The average molecular weight is 358 g/mol. The highest BCUT2D eigenvalue weighted by Crippen LogP contribution is 2.24. The van der Waals surface area contributed by atoms with Crippen LogP contribution >= 0.6 is 11.6 Å². The monoisotopic (exact) mass is 357 g/mol. The van der Waals surface area contributed by atoms with Gasteiger partial charge < -0.3 is 10.1 Å². The van der Waals surface area contributed by atoms with Crippen molar-refractivity contribution in [3.05, 3.63) is 53.6 Å². The van der Waals surface area contributed by atoms with E-state index in [4.69, 9.17) is 16.3 Å². The van der Waals surface area contributed by atoms with E-state index in [-0.39, 0.29) is 12.5 Å². The zero-order valence-electron chi connectivity index (χ0n) is 13.5. The highest BCUT2D eigenvalue weighted by atomic mass is 35.5. The molecule has 0 saturated carbocycles. The molecule has 0 bridgehead atoms. The number of hydrogen-bond donors (Lipinski definition) is 1. The number of carbonyl (C=O) groups is 1. The Morgan fingerprint density at radius 3 is 2.76 bits per heavy atom. The number of para-hydroxylation sites is 2. The molecule has 2 aromatic carbocycles. The second kappa shape index (κ2) is 7.76. The van der Waals surface area contributed by atoms with Gasteiger partial charge in [-0.15, -0.1) is 10.2 Å². The van der Waals surface area contributed by atoms with Crippen LogP contribution in [-0.2, 0) is 11.3 Å². The average Bonchev–Trinajstić information content (AvgIpc) is 3.05. The van der Waals surface area contributed by atoms with E-state index in [9.17, 15) is 4.79 Å². The summed E-state index contributed by atoms with van der Waals surface area (Å²) in [6.07, 6.45) is 0. The Balaban J connectivity index is 1.69. The SMILES string of the molecule is CCOc1ccccc1NC(=O)Cn1nnc(-c2ccccc2Cl)n1. The van der Waals surface area contributed by atoms with Crippen LogP contribution in [-0.4, -0.2) is 32.7 Å². The molecule has 0 aliphatic carbocycles. The van der Waals surface area contributed by atoms with Crippen molar-refractivity contribution in [2.75, 3.05) is 11.9 Å². The summed E-state index contributed by atoms with van der Waals surface area (Å²) >= 11 is 6.12. The van der Waals surface area contributed by atoms with Crippen LogP contribution in [0, 0.1) is 0 Å². The standard InChI is InChI=1S/C17H16ClN5O2/c1-2-25-15-10-6-5-9-14(15)19-16(24)11-23-21-17(20-22-23)12-7-3-4-8-13(12)18/h3-10H,2,11H2,1H3,(H,19,24). The first-order chi connectivity index (χ1) is 12.2. The first-order valence-electron chi connectivity index (χ1n) is 7.71. The molecule has 0 radical (unpaired) electrons. The molecule has 8 heteroatoms. The lowest BCUT2D eigenvalue weighted by atomic mass is 10.2. The third-order valence-corrected chi connectivity index (χ3v) is 3.64. The molecule has 128 valence electrons. The van der Waals surface area contributed by atoms with Gasteiger partial charge in [-0.3, -0.25) is 4.79 Å². The Bertz CT molecular complexity index is 881. The van der Waals surface area contributed by atoms with Gasteiger partial charge in [-0.05, 0) is 36.4 Å². The molecular weight excluding hydrogens is 342 g/mol. The molecule has 3 rings (SSSR count). The van der Waals surface area contributed by atoms with Crippen LogP contribution in [0.25, 0.3) is 11.4 Å². The molecule has 0 spiro atoms. The molecule has 1 amide bonds. The van der Waals surface area contributed by atoms with Crippen LogP contribution in [0.3, 0.4) is 0 Å². The minimum Gasteiger partial charge on any atom is -0.492 e. The Morgan fingerprint density at radius 1 is 1.20 bits per heavy atom. The van der Waals surface area contributed by atoms with Gasteiger partial charge in [-0.25, -0.2) is 0 Å². The van der Waals surface area contributed by atoms with Crippen molar-refractivity contribution in [3.63, 3.8) is 0 Å². The van der Waals surface area contributed by atoms with Crippen molar-refractivity contribution in [1.82, 2.24) is 20.2 Å². The molecule has 0 saturated heterocycles. The van der Waals surface area contributed by atoms with Gasteiger partial charge in [0.15, 0.2) is 0 Å². The van der Waals surface area contributed by atoms with E-state index >= 15 is 0 Å². The van der Waals surface area contributed by atoms with E-state index in [1.807, 2.05) is 31.2 Å². The molecular formula is C17H16ClN5O2. The highest BCUT2D eigenvalue weighted by molar-refractivity contribution is 6.33. The molecule has 1 heterocycles. The third kappa shape index (κ3) is 4.13. The number of ether oxygens (including phenoxy) is 1.